The normalized spacial score (nSPS) is 12.2. The molecule has 0 amide bonds. The molecular formula is C14H21N5O2. The van der Waals surface area contributed by atoms with E-state index in [1.807, 2.05) is 22.9 Å². The van der Waals surface area contributed by atoms with E-state index in [1.54, 1.807) is 20.4 Å². The summed E-state index contributed by atoms with van der Waals surface area (Å²) in [5, 5.41) is 8.08. The third kappa shape index (κ3) is 3.14. The van der Waals surface area contributed by atoms with Crippen LogP contribution in [0.1, 0.15) is 30.6 Å². The summed E-state index contributed by atoms with van der Waals surface area (Å²) < 4.78 is 12.5. The van der Waals surface area contributed by atoms with E-state index in [9.17, 15) is 0 Å². The van der Waals surface area contributed by atoms with Crippen molar-refractivity contribution in [1.82, 2.24) is 20.4 Å². The summed E-state index contributed by atoms with van der Waals surface area (Å²) in [6.07, 6.45) is 2.67. The lowest BCUT2D eigenvalue weighted by Crippen LogP contribution is -2.31. The van der Waals surface area contributed by atoms with E-state index in [4.69, 9.17) is 15.3 Å². The monoisotopic (exact) mass is 291 g/mol. The summed E-state index contributed by atoms with van der Waals surface area (Å²) in [7, 11) is 3.25. The highest BCUT2D eigenvalue weighted by molar-refractivity contribution is 5.44. The Morgan fingerprint density at radius 3 is 2.76 bits per heavy atom. The molecule has 2 aromatic rings. The first-order valence-corrected chi connectivity index (χ1v) is 6.81. The molecule has 0 spiro atoms. The van der Waals surface area contributed by atoms with Gasteiger partial charge in [0.15, 0.2) is 0 Å². The Morgan fingerprint density at radius 1 is 1.33 bits per heavy atom. The van der Waals surface area contributed by atoms with Crippen LogP contribution in [0.5, 0.6) is 11.5 Å². The highest BCUT2D eigenvalue weighted by Gasteiger charge is 2.22. The van der Waals surface area contributed by atoms with Crippen LogP contribution in [0.25, 0.3) is 0 Å². The molecule has 0 radical (unpaired) electrons. The number of rotatable bonds is 7. The minimum atomic E-state index is -0.281. The van der Waals surface area contributed by atoms with Crippen molar-refractivity contribution in [3.05, 3.63) is 35.7 Å². The van der Waals surface area contributed by atoms with Crippen molar-refractivity contribution in [2.75, 3.05) is 14.2 Å². The van der Waals surface area contributed by atoms with E-state index >= 15 is 0 Å². The van der Waals surface area contributed by atoms with Gasteiger partial charge in [0.25, 0.3) is 0 Å². The van der Waals surface area contributed by atoms with Crippen LogP contribution in [0, 0.1) is 0 Å². The molecule has 0 saturated heterocycles. The first kappa shape index (κ1) is 15.3. The van der Waals surface area contributed by atoms with Crippen molar-refractivity contribution in [3.8, 4) is 11.5 Å². The molecule has 0 bridgehead atoms. The molecule has 7 nitrogen and oxygen atoms in total. The average Bonchev–Trinajstić information content (AvgIpc) is 2.96. The van der Waals surface area contributed by atoms with Crippen LogP contribution in [0.3, 0.4) is 0 Å². The average molecular weight is 291 g/mol. The quantitative estimate of drug-likeness (QED) is 0.590. The number of nitrogens with two attached hydrogens (primary N) is 1. The first-order chi connectivity index (χ1) is 10.2. The summed E-state index contributed by atoms with van der Waals surface area (Å²) in [6, 6.07) is 5.31. The summed E-state index contributed by atoms with van der Waals surface area (Å²) in [5.74, 6) is 7.22. The zero-order valence-electron chi connectivity index (χ0n) is 12.5. The molecule has 0 aliphatic carbocycles. The van der Waals surface area contributed by atoms with Crippen molar-refractivity contribution in [2.24, 2.45) is 5.84 Å². The van der Waals surface area contributed by atoms with E-state index in [1.165, 1.54) is 0 Å². The summed E-state index contributed by atoms with van der Waals surface area (Å²) in [6.45, 7) is 2.86. The fraction of sp³-hybridized carbons (Fsp3) is 0.429. The maximum Gasteiger partial charge on any atom is 0.124 e. The largest absolute Gasteiger partial charge is 0.497 e. The van der Waals surface area contributed by atoms with Crippen molar-refractivity contribution in [2.45, 2.75) is 25.9 Å². The van der Waals surface area contributed by atoms with Gasteiger partial charge in [-0.25, -0.2) is 10.1 Å². The molecular weight excluding hydrogens is 270 g/mol. The van der Waals surface area contributed by atoms with Gasteiger partial charge < -0.3 is 9.47 Å². The Kier molecular flexibility index (Phi) is 5.13. The number of nitrogens with one attached hydrogen (secondary N) is 1. The van der Waals surface area contributed by atoms with Crippen LogP contribution in [0.2, 0.25) is 0 Å². The Balaban J connectivity index is 2.47. The van der Waals surface area contributed by atoms with Gasteiger partial charge in [-0.1, -0.05) is 12.1 Å². The number of nitrogens with zero attached hydrogens (tertiary/aromatic N) is 3. The number of hydrogen-bond acceptors (Lipinski definition) is 6. The third-order valence-electron chi connectivity index (χ3n) is 3.29. The van der Waals surface area contributed by atoms with E-state index < -0.39 is 0 Å². The van der Waals surface area contributed by atoms with Crippen molar-refractivity contribution >= 4 is 0 Å². The molecule has 21 heavy (non-hydrogen) atoms. The highest BCUT2D eigenvalue weighted by Crippen LogP contribution is 2.32. The van der Waals surface area contributed by atoms with Crippen molar-refractivity contribution in [1.29, 1.82) is 0 Å². The van der Waals surface area contributed by atoms with Crippen LogP contribution in [-0.4, -0.2) is 29.2 Å². The van der Waals surface area contributed by atoms with Gasteiger partial charge in [0.1, 0.15) is 11.5 Å². The molecule has 1 aromatic carbocycles. The van der Waals surface area contributed by atoms with Crippen molar-refractivity contribution < 1.29 is 9.47 Å². The van der Waals surface area contributed by atoms with Gasteiger partial charge in [0.2, 0.25) is 0 Å². The second-order valence-electron chi connectivity index (χ2n) is 4.59. The molecule has 2 rings (SSSR count). The van der Waals surface area contributed by atoms with Gasteiger partial charge in [-0.2, -0.15) is 0 Å². The summed E-state index contributed by atoms with van der Waals surface area (Å²) >= 11 is 0. The van der Waals surface area contributed by atoms with E-state index in [-0.39, 0.29) is 6.04 Å². The zero-order chi connectivity index (χ0) is 15.2. The minimum absolute atomic E-state index is 0.281. The van der Waals surface area contributed by atoms with Gasteiger partial charge in [-0.3, -0.25) is 5.84 Å². The highest BCUT2D eigenvalue weighted by atomic mass is 16.5. The number of hydrazine groups is 1. The molecule has 1 atom stereocenters. The van der Waals surface area contributed by atoms with E-state index in [0.29, 0.717) is 0 Å². The van der Waals surface area contributed by atoms with Crippen LogP contribution >= 0.6 is 0 Å². The second kappa shape index (κ2) is 7.05. The molecule has 3 N–H and O–H groups in total. The molecule has 7 heteroatoms. The molecule has 1 aromatic heterocycles. The lowest BCUT2D eigenvalue weighted by molar-refractivity contribution is 0.391. The zero-order valence-corrected chi connectivity index (χ0v) is 12.5. The lowest BCUT2D eigenvalue weighted by Gasteiger charge is -2.20. The molecule has 0 aliphatic heterocycles. The first-order valence-electron chi connectivity index (χ1n) is 6.81. The fourth-order valence-corrected chi connectivity index (χ4v) is 2.27. The van der Waals surface area contributed by atoms with Gasteiger partial charge in [0, 0.05) is 12.1 Å². The predicted molar refractivity (Wildman–Crippen MR) is 79.0 cm³/mol. The number of hydrogen-bond donors (Lipinski definition) is 2. The Hall–Kier alpha value is -2.12. The van der Waals surface area contributed by atoms with Crippen LogP contribution in [0.15, 0.2) is 24.4 Å². The summed E-state index contributed by atoms with van der Waals surface area (Å²) in [4.78, 5) is 0. The van der Waals surface area contributed by atoms with Crippen LogP contribution in [-0.2, 0) is 6.54 Å². The topological polar surface area (TPSA) is 87.2 Å². The SMILES string of the molecule is CCCn1nncc1C(NN)c1cc(OC)ccc1OC. The molecule has 1 unspecified atom stereocenters. The number of methoxy groups -OCH3 is 2. The Morgan fingerprint density at radius 2 is 2.14 bits per heavy atom. The molecule has 0 aliphatic rings. The van der Waals surface area contributed by atoms with Crippen LogP contribution < -0.4 is 20.7 Å². The van der Waals surface area contributed by atoms with Gasteiger partial charge >= 0.3 is 0 Å². The lowest BCUT2D eigenvalue weighted by atomic mass is 10.0. The number of ether oxygens (including phenoxy) is 2. The number of aromatic nitrogens is 3. The predicted octanol–water partition coefficient (Wildman–Crippen LogP) is 1.26. The number of benzene rings is 1. The standard InChI is InChI=1S/C14H21N5O2/c1-4-7-19-12(9-16-18-19)14(17-15)11-8-10(20-2)5-6-13(11)21-3/h5-6,8-9,14,17H,4,7,15H2,1-3H3. The van der Waals surface area contributed by atoms with E-state index in [0.717, 1.165) is 35.7 Å². The second-order valence-corrected chi connectivity index (χ2v) is 4.59. The van der Waals surface area contributed by atoms with Gasteiger partial charge in [-0.05, 0) is 24.6 Å². The van der Waals surface area contributed by atoms with E-state index in [2.05, 4.69) is 22.7 Å². The van der Waals surface area contributed by atoms with Crippen LogP contribution in [0.4, 0.5) is 0 Å². The Bertz CT molecular complexity index is 584. The minimum Gasteiger partial charge on any atom is -0.497 e. The maximum atomic E-state index is 5.76. The van der Waals surface area contributed by atoms with Crippen molar-refractivity contribution in [3.63, 3.8) is 0 Å². The molecule has 1 heterocycles. The smallest absolute Gasteiger partial charge is 0.124 e. The Labute approximate surface area is 124 Å². The van der Waals surface area contributed by atoms with Gasteiger partial charge in [-0.15, -0.1) is 5.10 Å². The maximum absolute atomic E-state index is 5.76. The molecule has 114 valence electrons. The molecule has 0 fully saturated rings. The number of aryl methyl sites for hydroxylation is 1. The molecule has 0 saturated carbocycles. The van der Waals surface area contributed by atoms with Gasteiger partial charge in [0.05, 0.1) is 32.2 Å². The summed E-state index contributed by atoms with van der Waals surface area (Å²) in [5.41, 5.74) is 4.56. The third-order valence-corrected chi connectivity index (χ3v) is 3.29. The fourth-order valence-electron chi connectivity index (χ4n) is 2.27.